The molecule has 166 valence electrons. The molecule has 0 aliphatic rings. The van der Waals surface area contributed by atoms with Gasteiger partial charge < -0.3 is 10.1 Å². The molecule has 7 heteroatoms. The molecule has 1 unspecified atom stereocenters. The molecule has 1 N–H and O–H groups in total. The van der Waals surface area contributed by atoms with Gasteiger partial charge in [-0.2, -0.15) is 0 Å². The van der Waals surface area contributed by atoms with Crippen LogP contribution in [0.4, 0.5) is 0 Å². The minimum atomic E-state index is -0.245. The van der Waals surface area contributed by atoms with Crippen molar-refractivity contribution < 1.29 is 9.53 Å². The van der Waals surface area contributed by atoms with Crippen molar-refractivity contribution in [3.63, 3.8) is 0 Å². The van der Waals surface area contributed by atoms with Gasteiger partial charge in [-0.3, -0.25) is 19.7 Å². The second-order valence-corrected chi connectivity index (χ2v) is 7.60. The normalized spacial score (nSPS) is 11.7. The fraction of sp³-hybridized carbons (Fsp3) is 0.192. The van der Waals surface area contributed by atoms with Crippen molar-refractivity contribution in [2.45, 2.75) is 25.3 Å². The van der Waals surface area contributed by atoms with E-state index in [0.29, 0.717) is 12.4 Å². The lowest BCUT2D eigenvalue weighted by atomic mass is 9.78. The van der Waals surface area contributed by atoms with Gasteiger partial charge in [0, 0.05) is 43.7 Å². The summed E-state index contributed by atoms with van der Waals surface area (Å²) in [4.78, 5) is 29.8. The zero-order chi connectivity index (χ0) is 23.0. The standard InChI is InChI=1S/C26H25N5O2/c1-18(32)29-17-21-9-3-10-22(30-21)26(23-11-4-12-24(31-23)33-2)25(19-7-5-13-27-15-19)20-8-6-14-28-16-20/h3-16,25-26H,17H2,1-2H3,(H,29,32). The largest absolute Gasteiger partial charge is 0.481 e. The monoisotopic (exact) mass is 439 g/mol. The first-order chi connectivity index (χ1) is 16.2. The number of nitrogens with zero attached hydrogens (tertiary/aromatic N) is 4. The van der Waals surface area contributed by atoms with Crippen molar-refractivity contribution in [2.24, 2.45) is 0 Å². The van der Waals surface area contributed by atoms with Crippen molar-refractivity contribution in [3.05, 3.63) is 114 Å². The molecule has 4 aromatic heterocycles. The van der Waals surface area contributed by atoms with Gasteiger partial charge in [-0.25, -0.2) is 4.98 Å². The molecular formula is C26H25N5O2. The predicted molar refractivity (Wildman–Crippen MR) is 125 cm³/mol. The Morgan fingerprint density at radius 3 is 2.06 bits per heavy atom. The smallest absolute Gasteiger partial charge is 0.217 e. The Balaban J connectivity index is 1.89. The summed E-state index contributed by atoms with van der Waals surface area (Å²) in [7, 11) is 1.60. The molecule has 0 saturated heterocycles. The molecule has 4 heterocycles. The number of carbonyl (C=O) groups is 1. The van der Waals surface area contributed by atoms with E-state index < -0.39 is 0 Å². The molecule has 0 aromatic carbocycles. The number of hydrogen-bond donors (Lipinski definition) is 1. The van der Waals surface area contributed by atoms with Gasteiger partial charge in [0.25, 0.3) is 0 Å². The number of methoxy groups -OCH3 is 1. The third-order valence-electron chi connectivity index (χ3n) is 5.36. The molecule has 0 saturated carbocycles. The van der Waals surface area contributed by atoms with Crippen LogP contribution in [-0.2, 0) is 11.3 Å². The summed E-state index contributed by atoms with van der Waals surface area (Å²) < 4.78 is 5.42. The van der Waals surface area contributed by atoms with E-state index in [1.54, 1.807) is 19.5 Å². The van der Waals surface area contributed by atoms with Crippen molar-refractivity contribution in [1.82, 2.24) is 25.3 Å². The number of ether oxygens (including phenoxy) is 1. The van der Waals surface area contributed by atoms with E-state index in [9.17, 15) is 4.79 Å². The van der Waals surface area contributed by atoms with E-state index >= 15 is 0 Å². The Labute approximate surface area is 192 Å². The van der Waals surface area contributed by atoms with Gasteiger partial charge >= 0.3 is 0 Å². The van der Waals surface area contributed by atoms with Gasteiger partial charge in [0.1, 0.15) is 0 Å². The fourth-order valence-electron chi connectivity index (χ4n) is 3.89. The topological polar surface area (TPSA) is 89.9 Å². The number of rotatable bonds is 8. The molecule has 0 fully saturated rings. The first-order valence-electron chi connectivity index (χ1n) is 10.7. The number of aromatic nitrogens is 4. The lowest BCUT2D eigenvalue weighted by Gasteiger charge is -2.27. The molecule has 0 aliphatic carbocycles. The van der Waals surface area contributed by atoms with Crippen LogP contribution in [0.3, 0.4) is 0 Å². The number of hydrogen-bond acceptors (Lipinski definition) is 6. The molecular weight excluding hydrogens is 414 g/mol. The highest BCUT2D eigenvalue weighted by Gasteiger charge is 2.31. The van der Waals surface area contributed by atoms with Crippen LogP contribution in [0, 0.1) is 0 Å². The molecule has 7 nitrogen and oxygen atoms in total. The van der Waals surface area contributed by atoms with Crippen molar-refractivity contribution >= 4 is 5.91 Å². The van der Waals surface area contributed by atoms with Gasteiger partial charge in [-0.05, 0) is 41.5 Å². The van der Waals surface area contributed by atoms with E-state index in [-0.39, 0.29) is 17.7 Å². The third kappa shape index (κ3) is 5.38. The fourth-order valence-corrected chi connectivity index (χ4v) is 3.89. The zero-order valence-electron chi connectivity index (χ0n) is 18.6. The summed E-state index contributed by atoms with van der Waals surface area (Å²) in [5, 5.41) is 2.82. The Bertz CT molecular complexity index is 1160. The highest BCUT2D eigenvalue weighted by atomic mass is 16.5. The predicted octanol–water partition coefficient (Wildman–Crippen LogP) is 3.88. The van der Waals surface area contributed by atoms with Crippen LogP contribution >= 0.6 is 0 Å². The second-order valence-electron chi connectivity index (χ2n) is 7.60. The van der Waals surface area contributed by atoms with E-state index in [4.69, 9.17) is 14.7 Å². The average molecular weight is 440 g/mol. The third-order valence-corrected chi connectivity index (χ3v) is 5.36. The quantitative estimate of drug-likeness (QED) is 0.448. The molecule has 0 aliphatic heterocycles. The number of amides is 1. The average Bonchev–Trinajstić information content (AvgIpc) is 2.87. The van der Waals surface area contributed by atoms with E-state index in [1.165, 1.54) is 6.92 Å². The van der Waals surface area contributed by atoms with Crippen LogP contribution < -0.4 is 10.1 Å². The Morgan fingerprint density at radius 2 is 1.48 bits per heavy atom. The molecule has 33 heavy (non-hydrogen) atoms. The molecule has 0 bridgehead atoms. The van der Waals surface area contributed by atoms with E-state index in [2.05, 4.69) is 27.4 Å². The summed E-state index contributed by atoms with van der Waals surface area (Å²) in [5.41, 5.74) is 4.46. The molecule has 4 aromatic rings. The summed E-state index contributed by atoms with van der Waals surface area (Å²) >= 11 is 0. The maximum absolute atomic E-state index is 11.4. The van der Waals surface area contributed by atoms with E-state index in [1.807, 2.05) is 60.9 Å². The van der Waals surface area contributed by atoms with Crippen LogP contribution in [0.2, 0.25) is 0 Å². The molecule has 4 rings (SSSR count). The van der Waals surface area contributed by atoms with Gasteiger partial charge in [-0.1, -0.05) is 24.3 Å². The Kier molecular flexibility index (Phi) is 6.99. The van der Waals surface area contributed by atoms with Crippen LogP contribution in [0.1, 0.15) is 47.0 Å². The van der Waals surface area contributed by atoms with Crippen molar-refractivity contribution in [1.29, 1.82) is 0 Å². The van der Waals surface area contributed by atoms with Crippen molar-refractivity contribution in [3.8, 4) is 5.88 Å². The molecule has 0 radical (unpaired) electrons. The molecule has 1 atom stereocenters. The van der Waals surface area contributed by atoms with Gasteiger partial charge in [0.15, 0.2) is 0 Å². The Morgan fingerprint density at radius 1 is 0.848 bits per heavy atom. The Hall–Kier alpha value is -4.13. The molecule has 1 amide bonds. The zero-order valence-corrected chi connectivity index (χ0v) is 18.6. The van der Waals surface area contributed by atoms with Crippen LogP contribution in [0.5, 0.6) is 5.88 Å². The van der Waals surface area contributed by atoms with Gasteiger partial charge in [0.2, 0.25) is 11.8 Å². The lowest BCUT2D eigenvalue weighted by Crippen LogP contribution is -2.21. The maximum atomic E-state index is 11.4. The lowest BCUT2D eigenvalue weighted by molar-refractivity contribution is -0.119. The first-order valence-corrected chi connectivity index (χ1v) is 10.7. The molecule has 0 spiro atoms. The summed E-state index contributed by atoms with van der Waals surface area (Å²) in [5.74, 6) is 0.0427. The van der Waals surface area contributed by atoms with Crippen LogP contribution in [0.25, 0.3) is 0 Å². The second kappa shape index (κ2) is 10.5. The highest BCUT2D eigenvalue weighted by Crippen LogP contribution is 2.41. The highest BCUT2D eigenvalue weighted by molar-refractivity contribution is 5.72. The minimum Gasteiger partial charge on any atom is -0.481 e. The maximum Gasteiger partial charge on any atom is 0.217 e. The van der Waals surface area contributed by atoms with Crippen LogP contribution in [0.15, 0.2) is 85.5 Å². The summed E-state index contributed by atoms with van der Waals surface area (Å²) in [6, 6.07) is 19.5. The van der Waals surface area contributed by atoms with Gasteiger partial charge in [0.05, 0.1) is 36.7 Å². The number of nitrogens with one attached hydrogen (secondary N) is 1. The van der Waals surface area contributed by atoms with E-state index in [0.717, 1.165) is 28.2 Å². The number of carbonyl (C=O) groups excluding carboxylic acids is 1. The number of pyridine rings is 4. The van der Waals surface area contributed by atoms with Gasteiger partial charge in [-0.15, -0.1) is 0 Å². The van der Waals surface area contributed by atoms with Crippen LogP contribution in [-0.4, -0.2) is 33.0 Å². The first kappa shape index (κ1) is 22.1. The SMILES string of the molecule is COc1cccc(C(c2cccc(CNC(C)=O)n2)C(c2cccnc2)c2cccnc2)n1. The summed E-state index contributed by atoms with van der Waals surface area (Å²) in [6.45, 7) is 1.85. The van der Waals surface area contributed by atoms with Crippen molar-refractivity contribution in [2.75, 3.05) is 7.11 Å². The summed E-state index contributed by atoms with van der Waals surface area (Å²) in [6.07, 6.45) is 7.25. The minimum absolute atomic E-state index is 0.100.